The van der Waals surface area contributed by atoms with Gasteiger partial charge in [-0.25, -0.2) is 4.98 Å². The second kappa shape index (κ2) is 19.3. The van der Waals surface area contributed by atoms with Crippen LogP contribution in [0.2, 0.25) is 0 Å². The van der Waals surface area contributed by atoms with Crippen LogP contribution in [0.3, 0.4) is 0 Å². The lowest BCUT2D eigenvalue weighted by Crippen LogP contribution is -2.30. The number of unbranched alkanes of at least 4 members (excludes halogenated alkanes) is 15. The molecular weight excluding hydrogens is 506 g/mol. The van der Waals surface area contributed by atoms with Crippen LogP contribution in [0.5, 0.6) is 5.75 Å². The fraction of sp³-hybridized carbons (Fsp3) is 0.611. The summed E-state index contributed by atoms with van der Waals surface area (Å²) in [5.74, 6) is 1.74. The number of amides is 1. The van der Waals surface area contributed by atoms with Crippen molar-refractivity contribution in [3.8, 4) is 5.75 Å². The largest absolute Gasteiger partial charge is 0.497 e. The van der Waals surface area contributed by atoms with E-state index < -0.39 is 0 Å². The van der Waals surface area contributed by atoms with E-state index in [1.165, 1.54) is 96.3 Å². The van der Waals surface area contributed by atoms with Crippen LogP contribution < -0.4 is 10.1 Å². The molecular formula is C36H55N3O2. The second-order valence-electron chi connectivity index (χ2n) is 11.7. The van der Waals surface area contributed by atoms with Gasteiger partial charge in [-0.2, -0.15) is 0 Å². The van der Waals surface area contributed by atoms with Crippen molar-refractivity contribution in [1.82, 2.24) is 14.9 Å². The minimum atomic E-state index is -0.158. The van der Waals surface area contributed by atoms with Crippen molar-refractivity contribution < 1.29 is 9.53 Å². The standard InChI is InChI=1S/C36H55N3O2/c1-4-5-6-7-8-9-10-11-12-13-14-15-16-17-18-21-28-39-34-23-20-19-22-33(34)38-36(39)30(2)37-35(40)29-31-24-26-32(41-3)27-25-31/h19-20,22-27,30H,4-18,21,28-29H2,1-3H3,(H,37,40). The summed E-state index contributed by atoms with van der Waals surface area (Å²) in [6.45, 7) is 5.26. The van der Waals surface area contributed by atoms with Crippen molar-refractivity contribution in [2.24, 2.45) is 0 Å². The third-order valence-electron chi connectivity index (χ3n) is 8.21. The Kier molecular flexibility index (Phi) is 15.4. The van der Waals surface area contributed by atoms with Crippen LogP contribution in [0.15, 0.2) is 48.5 Å². The van der Waals surface area contributed by atoms with Gasteiger partial charge < -0.3 is 14.6 Å². The average molecular weight is 562 g/mol. The SMILES string of the molecule is CCCCCCCCCCCCCCCCCCn1c(C(C)NC(=O)Cc2ccc(OC)cc2)nc2ccccc21. The molecule has 1 unspecified atom stereocenters. The summed E-state index contributed by atoms with van der Waals surface area (Å²) in [6.07, 6.45) is 22.3. The summed E-state index contributed by atoms with van der Waals surface area (Å²) in [5.41, 5.74) is 3.12. The van der Waals surface area contributed by atoms with E-state index >= 15 is 0 Å². The molecule has 0 spiro atoms. The number of para-hydroxylation sites is 2. The number of nitrogens with zero attached hydrogens (tertiary/aromatic N) is 2. The number of methoxy groups -OCH3 is 1. The van der Waals surface area contributed by atoms with Gasteiger partial charge in [0.05, 0.1) is 30.6 Å². The molecule has 0 fully saturated rings. The Labute approximate surface area is 249 Å². The molecule has 3 rings (SSSR count). The summed E-state index contributed by atoms with van der Waals surface area (Å²) >= 11 is 0. The molecule has 0 aliphatic heterocycles. The number of fused-ring (bicyclic) bond motifs is 1. The van der Waals surface area contributed by atoms with Crippen molar-refractivity contribution >= 4 is 16.9 Å². The summed E-state index contributed by atoms with van der Waals surface area (Å²) in [6, 6.07) is 15.8. The van der Waals surface area contributed by atoms with Gasteiger partial charge in [0.2, 0.25) is 5.91 Å². The summed E-state index contributed by atoms with van der Waals surface area (Å²) in [7, 11) is 1.65. The molecule has 0 aliphatic rings. The van der Waals surface area contributed by atoms with E-state index in [1.54, 1.807) is 7.11 Å². The molecule has 1 aromatic heterocycles. The zero-order chi connectivity index (χ0) is 29.1. The van der Waals surface area contributed by atoms with Gasteiger partial charge in [0.15, 0.2) is 0 Å². The molecule has 0 radical (unpaired) electrons. The quantitative estimate of drug-likeness (QED) is 0.124. The number of nitrogens with one attached hydrogen (secondary N) is 1. The molecule has 0 saturated carbocycles. The predicted molar refractivity (Wildman–Crippen MR) is 173 cm³/mol. The van der Waals surface area contributed by atoms with Gasteiger partial charge >= 0.3 is 0 Å². The summed E-state index contributed by atoms with van der Waals surface area (Å²) in [4.78, 5) is 17.7. The van der Waals surface area contributed by atoms with Gasteiger partial charge in [-0.3, -0.25) is 4.79 Å². The highest BCUT2D eigenvalue weighted by Gasteiger charge is 2.18. The van der Waals surface area contributed by atoms with Crippen molar-refractivity contribution in [3.05, 3.63) is 59.9 Å². The molecule has 5 nitrogen and oxygen atoms in total. The lowest BCUT2D eigenvalue weighted by Gasteiger charge is -2.16. The van der Waals surface area contributed by atoms with Crippen molar-refractivity contribution in [1.29, 1.82) is 0 Å². The lowest BCUT2D eigenvalue weighted by molar-refractivity contribution is -0.121. The van der Waals surface area contributed by atoms with Gasteiger partial charge in [-0.15, -0.1) is 0 Å². The highest BCUT2D eigenvalue weighted by atomic mass is 16.5. The molecule has 0 aliphatic carbocycles. The van der Waals surface area contributed by atoms with Crippen molar-refractivity contribution in [3.63, 3.8) is 0 Å². The van der Waals surface area contributed by atoms with Crippen LogP contribution in [-0.2, 0) is 17.8 Å². The van der Waals surface area contributed by atoms with Gasteiger partial charge in [-0.05, 0) is 43.2 Å². The maximum Gasteiger partial charge on any atom is 0.224 e. The Morgan fingerprint density at radius 2 is 1.32 bits per heavy atom. The van der Waals surface area contributed by atoms with E-state index in [4.69, 9.17) is 9.72 Å². The molecule has 41 heavy (non-hydrogen) atoms. The molecule has 5 heteroatoms. The van der Waals surface area contributed by atoms with Crippen LogP contribution in [-0.4, -0.2) is 22.6 Å². The first-order valence-electron chi connectivity index (χ1n) is 16.5. The number of carbonyl (C=O) groups excluding carboxylic acids is 1. The van der Waals surface area contributed by atoms with E-state index in [1.807, 2.05) is 37.3 Å². The number of rotatable bonds is 22. The minimum Gasteiger partial charge on any atom is -0.497 e. The van der Waals surface area contributed by atoms with Gasteiger partial charge in [0.1, 0.15) is 11.6 Å². The minimum absolute atomic E-state index is 0.00341. The lowest BCUT2D eigenvalue weighted by atomic mass is 10.0. The molecule has 1 heterocycles. The Hall–Kier alpha value is -2.82. The van der Waals surface area contributed by atoms with E-state index in [2.05, 4.69) is 35.0 Å². The monoisotopic (exact) mass is 561 g/mol. The molecule has 226 valence electrons. The first-order valence-corrected chi connectivity index (χ1v) is 16.5. The summed E-state index contributed by atoms with van der Waals surface area (Å²) in [5, 5.41) is 3.18. The first-order chi connectivity index (χ1) is 20.1. The Morgan fingerprint density at radius 3 is 1.88 bits per heavy atom. The number of carbonyl (C=O) groups is 1. The number of benzene rings is 2. The zero-order valence-electron chi connectivity index (χ0n) is 26.1. The maximum atomic E-state index is 12.8. The highest BCUT2D eigenvalue weighted by molar-refractivity contribution is 5.79. The van der Waals surface area contributed by atoms with Crippen LogP contribution in [0.4, 0.5) is 0 Å². The second-order valence-corrected chi connectivity index (χ2v) is 11.7. The Balaban J connectivity index is 1.34. The van der Waals surface area contributed by atoms with Gasteiger partial charge in [-0.1, -0.05) is 128 Å². The van der Waals surface area contributed by atoms with Crippen LogP contribution in [0.1, 0.15) is 134 Å². The van der Waals surface area contributed by atoms with E-state index in [0.717, 1.165) is 41.1 Å². The van der Waals surface area contributed by atoms with Crippen LogP contribution >= 0.6 is 0 Å². The van der Waals surface area contributed by atoms with Gasteiger partial charge in [0.25, 0.3) is 0 Å². The molecule has 1 N–H and O–H groups in total. The normalized spacial score (nSPS) is 12.1. The zero-order valence-corrected chi connectivity index (χ0v) is 26.1. The molecule has 0 bridgehead atoms. The number of ether oxygens (including phenoxy) is 1. The number of aromatic nitrogens is 2. The fourth-order valence-corrected chi connectivity index (χ4v) is 5.76. The van der Waals surface area contributed by atoms with Crippen molar-refractivity contribution in [2.45, 2.75) is 136 Å². The fourth-order valence-electron chi connectivity index (χ4n) is 5.76. The third-order valence-corrected chi connectivity index (χ3v) is 8.21. The number of imidazole rings is 1. The van der Waals surface area contributed by atoms with E-state index in [9.17, 15) is 4.79 Å². The highest BCUT2D eigenvalue weighted by Crippen LogP contribution is 2.23. The molecule has 3 aromatic rings. The number of hydrogen-bond acceptors (Lipinski definition) is 3. The Morgan fingerprint density at radius 1 is 0.780 bits per heavy atom. The Bertz CT molecular complexity index is 1120. The smallest absolute Gasteiger partial charge is 0.224 e. The van der Waals surface area contributed by atoms with E-state index in [0.29, 0.717) is 6.42 Å². The molecule has 2 aromatic carbocycles. The first kappa shape index (κ1) is 32.7. The number of hydrogen-bond donors (Lipinski definition) is 1. The third kappa shape index (κ3) is 11.9. The van der Waals surface area contributed by atoms with Gasteiger partial charge in [0, 0.05) is 6.54 Å². The number of aryl methyl sites for hydroxylation is 1. The predicted octanol–water partition coefficient (Wildman–Crippen LogP) is 9.73. The van der Waals surface area contributed by atoms with E-state index in [-0.39, 0.29) is 11.9 Å². The van der Waals surface area contributed by atoms with Crippen LogP contribution in [0.25, 0.3) is 11.0 Å². The van der Waals surface area contributed by atoms with Crippen LogP contribution in [0, 0.1) is 0 Å². The molecule has 1 atom stereocenters. The summed E-state index contributed by atoms with van der Waals surface area (Å²) < 4.78 is 7.54. The maximum absolute atomic E-state index is 12.8. The van der Waals surface area contributed by atoms with Crippen molar-refractivity contribution in [2.75, 3.05) is 7.11 Å². The average Bonchev–Trinajstić information content (AvgIpc) is 3.36. The molecule has 1 amide bonds. The molecule has 0 saturated heterocycles. The topological polar surface area (TPSA) is 56.2 Å².